The highest BCUT2D eigenvalue weighted by Gasteiger charge is 2.46. The SMILES string of the molecule is CN1C(=O)c2cc(C(=O)NC3CCCCC3)nn2C[C@]1(C)C(=O)NCc1ccc(F)cc1. The molecule has 0 radical (unpaired) electrons. The summed E-state index contributed by atoms with van der Waals surface area (Å²) >= 11 is 0. The summed E-state index contributed by atoms with van der Waals surface area (Å²) in [6, 6.07) is 7.47. The molecule has 1 aromatic heterocycles. The van der Waals surface area contributed by atoms with Crippen LogP contribution < -0.4 is 10.6 Å². The fraction of sp³-hybridized carbons (Fsp3) is 0.478. The maximum absolute atomic E-state index is 13.1. The molecule has 2 heterocycles. The van der Waals surface area contributed by atoms with Crippen molar-refractivity contribution in [3.05, 3.63) is 53.1 Å². The standard InChI is InChI=1S/C23H28FN5O3/c1-23(22(32)25-13-15-8-10-16(24)11-9-15)14-29-19(21(31)28(23)2)12-18(27-29)20(30)26-17-6-4-3-5-7-17/h8-12,17H,3-7,13-14H2,1-2H3,(H,25,32)(H,26,30)/t23-/m1/s1. The van der Waals surface area contributed by atoms with Crippen molar-refractivity contribution in [3.8, 4) is 0 Å². The number of likely N-dealkylation sites (N-methyl/N-ethyl adjacent to an activating group) is 1. The summed E-state index contributed by atoms with van der Waals surface area (Å²) in [6.45, 7) is 1.99. The van der Waals surface area contributed by atoms with Gasteiger partial charge >= 0.3 is 0 Å². The largest absolute Gasteiger partial charge is 0.350 e. The fourth-order valence-corrected chi connectivity index (χ4v) is 4.32. The summed E-state index contributed by atoms with van der Waals surface area (Å²) < 4.78 is 14.5. The van der Waals surface area contributed by atoms with Gasteiger partial charge in [0.15, 0.2) is 5.69 Å². The van der Waals surface area contributed by atoms with Gasteiger partial charge in [-0.1, -0.05) is 31.4 Å². The lowest BCUT2D eigenvalue weighted by Crippen LogP contribution is -2.62. The Kier molecular flexibility index (Phi) is 5.99. The molecule has 0 spiro atoms. The van der Waals surface area contributed by atoms with Crippen LogP contribution in [0.15, 0.2) is 30.3 Å². The average Bonchev–Trinajstić information content (AvgIpc) is 3.21. The minimum Gasteiger partial charge on any atom is -0.350 e. The van der Waals surface area contributed by atoms with Crippen LogP contribution in [0, 0.1) is 5.82 Å². The zero-order valence-electron chi connectivity index (χ0n) is 18.4. The molecule has 9 heteroatoms. The summed E-state index contributed by atoms with van der Waals surface area (Å²) in [5.74, 6) is -1.37. The Morgan fingerprint density at radius 3 is 2.56 bits per heavy atom. The van der Waals surface area contributed by atoms with Crippen LogP contribution in [0.2, 0.25) is 0 Å². The molecule has 1 aromatic carbocycles. The fourth-order valence-electron chi connectivity index (χ4n) is 4.32. The maximum atomic E-state index is 13.1. The third kappa shape index (κ3) is 4.24. The molecule has 2 aromatic rings. The summed E-state index contributed by atoms with van der Waals surface area (Å²) in [5.41, 5.74) is 0.0238. The maximum Gasteiger partial charge on any atom is 0.272 e. The normalized spacial score (nSPS) is 21.2. The van der Waals surface area contributed by atoms with Crippen LogP contribution in [-0.2, 0) is 17.9 Å². The minimum atomic E-state index is -1.19. The van der Waals surface area contributed by atoms with Crippen LogP contribution in [0.4, 0.5) is 4.39 Å². The number of amides is 3. The molecular weight excluding hydrogens is 413 g/mol. The van der Waals surface area contributed by atoms with Gasteiger partial charge in [-0.25, -0.2) is 4.39 Å². The van der Waals surface area contributed by atoms with Gasteiger partial charge in [-0.2, -0.15) is 5.10 Å². The van der Waals surface area contributed by atoms with Crippen LogP contribution in [0.25, 0.3) is 0 Å². The highest BCUT2D eigenvalue weighted by atomic mass is 19.1. The Bertz CT molecular complexity index is 1030. The van der Waals surface area contributed by atoms with Gasteiger partial charge in [-0.15, -0.1) is 0 Å². The molecule has 4 rings (SSSR count). The molecule has 2 N–H and O–H groups in total. The lowest BCUT2D eigenvalue weighted by molar-refractivity contribution is -0.132. The lowest BCUT2D eigenvalue weighted by Gasteiger charge is -2.40. The number of halogens is 1. The van der Waals surface area contributed by atoms with Gasteiger partial charge in [0, 0.05) is 25.7 Å². The Labute approximate surface area is 186 Å². The van der Waals surface area contributed by atoms with E-state index < -0.39 is 5.54 Å². The van der Waals surface area contributed by atoms with Gasteiger partial charge in [0.25, 0.3) is 11.8 Å². The second-order valence-corrected chi connectivity index (χ2v) is 8.83. The van der Waals surface area contributed by atoms with E-state index in [1.807, 2.05) is 0 Å². The molecule has 8 nitrogen and oxygen atoms in total. The van der Waals surface area contributed by atoms with Gasteiger partial charge in [0.1, 0.15) is 17.1 Å². The van der Waals surface area contributed by atoms with Crippen LogP contribution in [0.3, 0.4) is 0 Å². The summed E-state index contributed by atoms with van der Waals surface area (Å²) in [6.07, 6.45) is 5.28. The number of hydrogen-bond acceptors (Lipinski definition) is 4. The number of carbonyl (C=O) groups excluding carboxylic acids is 3. The Morgan fingerprint density at radius 2 is 1.88 bits per heavy atom. The van der Waals surface area contributed by atoms with E-state index in [2.05, 4.69) is 15.7 Å². The van der Waals surface area contributed by atoms with E-state index in [1.165, 1.54) is 34.2 Å². The number of benzene rings is 1. The molecule has 32 heavy (non-hydrogen) atoms. The van der Waals surface area contributed by atoms with E-state index in [0.717, 1.165) is 31.2 Å². The van der Waals surface area contributed by atoms with Crippen molar-refractivity contribution in [1.82, 2.24) is 25.3 Å². The molecule has 1 fully saturated rings. The number of rotatable bonds is 5. The van der Waals surface area contributed by atoms with Crippen LogP contribution in [0.5, 0.6) is 0 Å². The van der Waals surface area contributed by atoms with Crippen molar-refractivity contribution in [2.24, 2.45) is 0 Å². The van der Waals surface area contributed by atoms with E-state index in [9.17, 15) is 18.8 Å². The smallest absolute Gasteiger partial charge is 0.272 e. The molecule has 170 valence electrons. The second-order valence-electron chi connectivity index (χ2n) is 8.83. The Balaban J connectivity index is 1.47. The van der Waals surface area contributed by atoms with Crippen molar-refractivity contribution in [1.29, 1.82) is 0 Å². The highest BCUT2D eigenvalue weighted by molar-refractivity contribution is 6.01. The topological polar surface area (TPSA) is 96.3 Å². The van der Waals surface area contributed by atoms with Gasteiger partial charge in [0.2, 0.25) is 5.91 Å². The van der Waals surface area contributed by atoms with Crippen molar-refractivity contribution >= 4 is 17.7 Å². The van der Waals surface area contributed by atoms with Gasteiger partial charge in [-0.3, -0.25) is 19.1 Å². The number of aromatic nitrogens is 2. The third-order valence-corrected chi connectivity index (χ3v) is 6.53. The first-order valence-electron chi connectivity index (χ1n) is 11.0. The van der Waals surface area contributed by atoms with Crippen molar-refractivity contribution < 1.29 is 18.8 Å². The summed E-state index contributed by atoms with van der Waals surface area (Å²) in [7, 11) is 1.57. The molecule has 0 saturated heterocycles. The van der Waals surface area contributed by atoms with Gasteiger partial charge in [-0.05, 0) is 37.5 Å². The average molecular weight is 442 g/mol. The first-order valence-corrected chi connectivity index (χ1v) is 11.0. The highest BCUT2D eigenvalue weighted by Crippen LogP contribution is 2.26. The minimum absolute atomic E-state index is 0.122. The van der Waals surface area contributed by atoms with Gasteiger partial charge in [0.05, 0.1) is 6.54 Å². The summed E-state index contributed by atoms with van der Waals surface area (Å²) in [4.78, 5) is 40.1. The summed E-state index contributed by atoms with van der Waals surface area (Å²) in [5, 5.41) is 10.2. The first-order chi connectivity index (χ1) is 15.3. The van der Waals surface area contributed by atoms with Crippen molar-refractivity contribution in [3.63, 3.8) is 0 Å². The number of fused-ring (bicyclic) bond motifs is 1. The Hall–Kier alpha value is -3.23. The molecule has 0 bridgehead atoms. The van der Waals surface area contributed by atoms with Crippen LogP contribution in [-0.4, -0.2) is 51.0 Å². The monoisotopic (exact) mass is 441 g/mol. The van der Waals surface area contributed by atoms with E-state index in [4.69, 9.17) is 0 Å². The van der Waals surface area contributed by atoms with Crippen molar-refractivity contribution in [2.75, 3.05) is 7.05 Å². The predicted octanol–water partition coefficient (Wildman–Crippen LogP) is 2.25. The third-order valence-electron chi connectivity index (χ3n) is 6.53. The number of nitrogens with one attached hydrogen (secondary N) is 2. The molecule has 1 aliphatic heterocycles. The predicted molar refractivity (Wildman–Crippen MR) is 115 cm³/mol. The van der Waals surface area contributed by atoms with Crippen LogP contribution >= 0.6 is 0 Å². The van der Waals surface area contributed by atoms with E-state index in [0.29, 0.717) is 0 Å². The quantitative estimate of drug-likeness (QED) is 0.744. The lowest BCUT2D eigenvalue weighted by atomic mass is 9.95. The molecule has 1 saturated carbocycles. The van der Waals surface area contributed by atoms with E-state index >= 15 is 0 Å². The number of hydrogen-bond donors (Lipinski definition) is 2. The zero-order valence-corrected chi connectivity index (χ0v) is 18.4. The molecular formula is C23H28FN5O3. The zero-order chi connectivity index (χ0) is 22.9. The first kappa shape index (κ1) is 22.0. The van der Waals surface area contributed by atoms with E-state index in [1.54, 1.807) is 26.1 Å². The van der Waals surface area contributed by atoms with E-state index in [-0.39, 0.29) is 54.1 Å². The number of carbonyl (C=O) groups is 3. The molecule has 0 unspecified atom stereocenters. The molecule has 1 atom stereocenters. The molecule has 2 aliphatic rings. The molecule has 1 aliphatic carbocycles. The van der Waals surface area contributed by atoms with Gasteiger partial charge < -0.3 is 15.5 Å². The van der Waals surface area contributed by atoms with Crippen molar-refractivity contribution in [2.45, 2.75) is 63.7 Å². The number of nitrogens with zero attached hydrogens (tertiary/aromatic N) is 3. The second kappa shape index (κ2) is 8.72. The molecule has 3 amide bonds. The Morgan fingerprint density at radius 1 is 1.19 bits per heavy atom. The van der Waals surface area contributed by atoms with Crippen LogP contribution in [0.1, 0.15) is 65.6 Å².